The summed E-state index contributed by atoms with van der Waals surface area (Å²) in [6.07, 6.45) is -3.30. The van der Waals surface area contributed by atoms with E-state index in [0.29, 0.717) is 4.68 Å². The summed E-state index contributed by atoms with van der Waals surface area (Å²) in [5.74, 6) is -0.637. The van der Waals surface area contributed by atoms with Gasteiger partial charge in [0.25, 0.3) is 5.56 Å². The van der Waals surface area contributed by atoms with Crippen LogP contribution in [-0.2, 0) is 24.1 Å². The molecular weight excluding hydrogens is 347 g/mol. The van der Waals surface area contributed by atoms with Crippen molar-refractivity contribution in [2.45, 2.75) is 44.9 Å². The third-order valence-electron chi connectivity index (χ3n) is 4.32. The first-order valence-corrected chi connectivity index (χ1v) is 8.26. The summed E-state index contributed by atoms with van der Waals surface area (Å²) in [4.78, 5) is 24.2. The Morgan fingerprint density at radius 3 is 2.62 bits per heavy atom. The maximum Gasteiger partial charge on any atom is 0.421 e. The van der Waals surface area contributed by atoms with Gasteiger partial charge in [0.15, 0.2) is 0 Å². The monoisotopic (exact) mass is 365 g/mol. The molecule has 0 saturated heterocycles. The van der Waals surface area contributed by atoms with Crippen LogP contribution in [0.2, 0.25) is 0 Å². The Kier molecular flexibility index (Phi) is 4.84. The van der Waals surface area contributed by atoms with Crippen LogP contribution in [0.4, 0.5) is 13.2 Å². The van der Waals surface area contributed by atoms with Gasteiger partial charge in [-0.05, 0) is 37.0 Å². The number of nitrogens with zero attached hydrogens (tertiary/aromatic N) is 2. The van der Waals surface area contributed by atoms with Crippen molar-refractivity contribution in [2.24, 2.45) is 0 Å². The van der Waals surface area contributed by atoms with Gasteiger partial charge < -0.3 is 5.32 Å². The van der Waals surface area contributed by atoms with E-state index in [4.69, 9.17) is 0 Å². The van der Waals surface area contributed by atoms with Gasteiger partial charge in [0, 0.05) is 12.5 Å². The highest BCUT2D eigenvalue weighted by Gasteiger charge is 2.37. The number of rotatable bonds is 5. The highest BCUT2D eigenvalue weighted by atomic mass is 19.4. The van der Waals surface area contributed by atoms with Gasteiger partial charge >= 0.3 is 6.18 Å². The largest absolute Gasteiger partial charge is 0.421 e. The molecule has 1 amide bonds. The number of carbonyl (C=O) groups is 1. The van der Waals surface area contributed by atoms with Crippen LogP contribution in [0.25, 0.3) is 0 Å². The third kappa shape index (κ3) is 4.12. The summed E-state index contributed by atoms with van der Waals surface area (Å²) >= 11 is 0. The number of hydrogen-bond donors (Lipinski definition) is 1. The molecule has 0 unspecified atom stereocenters. The molecule has 3 rings (SSSR count). The van der Waals surface area contributed by atoms with Crippen LogP contribution in [0.15, 0.2) is 35.1 Å². The van der Waals surface area contributed by atoms with Crippen LogP contribution >= 0.6 is 0 Å². The molecule has 1 aliphatic carbocycles. The van der Waals surface area contributed by atoms with Gasteiger partial charge in [0.05, 0.1) is 5.69 Å². The molecule has 1 N–H and O–H groups in total. The molecule has 8 heteroatoms. The smallest absolute Gasteiger partial charge is 0.350 e. The number of nitrogens with one attached hydrogen (secondary N) is 1. The van der Waals surface area contributed by atoms with E-state index in [9.17, 15) is 22.8 Å². The lowest BCUT2D eigenvalue weighted by molar-refractivity contribution is -0.139. The van der Waals surface area contributed by atoms with Crippen molar-refractivity contribution in [1.29, 1.82) is 0 Å². The first kappa shape index (κ1) is 18.2. The van der Waals surface area contributed by atoms with E-state index in [2.05, 4.69) is 10.4 Å². The maximum atomic E-state index is 13.1. The Balaban J connectivity index is 1.78. The van der Waals surface area contributed by atoms with E-state index in [1.54, 1.807) is 0 Å². The lowest BCUT2D eigenvalue weighted by Gasteiger charge is -2.13. The summed E-state index contributed by atoms with van der Waals surface area (Å²) in [5, 5.41) is 6.58. The predicted molar refractivity (Wildman–Crippen MR) is 88.5 cm³/mol. The Hall–Kier alpha value is -2.64. The topological polar surface area (TPSA) is 64.0 Å². The molecule has 1 aromatic heterocycles. The fourth-order valence-electron chi connectivity index (χ4n) is 2.65. The van der Waals surface area contributed by atoms with E-state index in [-0.39, 0.29) is 18.2 Å². The molecule has 0 radical (unpaired) electrons. The summed E-state index contributed by atoms with van der Waals surface area (Å²) < 4.78 is 39.9. The van der Waals surface area contributed by atoms with Crippen molar-refractivity contribution in [3.05, 3.63) is 63.1 Å². The van der Waals surface area contributed by atoms with Gasteiger partial charge in [-0.3, -0.25) is 9.59 Å². The lowest BCUT2D eigenvalue weighted by atomic mass is 10.1. The number of alkyl halides is 3. The normalized spacial score (nSPS) is 14.3. The number of aromatic nitrogens is 2. The Bertz CT molecular complexity index is 886. The van der Waals surface area contributed by atoms with Gasteiger partial charge in [-0.2, -0.15) is 18.3 Å². The molecule has 26 heavy (non-hydrogen) atoms. The van der Waals surface area contributed by atoms with Crippen molar-refractivity contribution >= 4 is 5.91 Å². The number of carbonyl (C=O) groups excluding carboxylic acids is 1. The van der Waals surface area contributed by atoms with E-state index >= 15 is 0 Å². The van der Waals surface area contributed by atoms with Gasteiger partial charge in [-0.25, -0.2) is 4.68 Å². The van der Waals surface area contributed by atoms with Crippen LogP contribution in [0.3, 0.4) is 0 Å². The van der Waals surface area contributed by atoms with Gasteiger partial charge in [-0.15, -0.1) is 0 Å². The molecule has 1 aromatic carbocycles. The fraction of sp³-hybridized carbons (Fsp3) is 0.389. The summed E-state index contributed by atoms with van der Waals surface area (Å²) in [6.45, 7) is 1.57. The molecule has 0 bridgehead atoms. The van der Waals surface area contributed by atoms with Crippen LogP contribution in [0.5, 0.6) is 0 Å². The summed E-state index contributed by atoms with van der Waals surface area (Å²) in [7, 11) is 0. The molecule has 1 fully saturated rings. The van der Waals surface area contributed by atoms with Crippen LogP contribution in [0.1, 0.15) is 41.1 Å². The maximum absolute atomic E-state index is 13.1. The average Bonchev–Trinajstić information content (AvgIpc) is 3.40. The molecular formula is C18H18F3N3O2. The third-order valence-corrected chi connectivity index (χ3v) is 4.32. The molecule has 2 aromatic rings. The molecule has 0 aliphatic heterocycles. The van der Waals surface area contributed by atoms with Crippen molar-refractivity contribution < 1.29 is 18.0 Å². The van der Waals surface area contributed by atoms with Crippen molar-refractivity contribution in [1.82, 2.24) is 15.1 Å². The number of aryl methyl sites for hydroxylation is 1. The van der Waals surface area contributed by atoms with Crippen molar-refractivity contribution in [3.63, 3.8) is 0 Å². The Morgan fingerprint density at radius 1 is 1.31 bits per heavy atom. The van der Waals surface area contributed by atoms with Gasteiger partial charge in [-0.1, -0.05) is 24.3 Å². The Morgan fingerprint density at radius 2 is 2.00 bits per heavy atom. The molecule has 1 heterocycles. The number of amides is 1. The minimum absolute atomic E-state index is 0.0713. The van der Waals surface area contributed by atoms with Crippen LogP contribution in [-0.4, -0.2) is 15.7 Å². The first-order chi connectivity index (χ1) is 12.3. The predicted octanol–water partition coefficient (Wildman–Crippen LogP) is 2.76. The first-order valence-electron chi connectivity index (χ1n) is 8.26. The zero-order valence-electron chi connectivity index (χ0n) is 14.1. The standard InChI is InChI=1S/C18H18F3N3O2/c1-11-4-2-3-5-13(11)9-22-16(25)10-24-17(26)14(18(19,20)21)8-15(23-24)12-6-7-12/h2-5,8,12H,6-7,9-10H2,1H3,(H,22,25). The zero-order valence-corrected chi connectivity index (χ0v) is 14.1. The average molecular weight is 365 g/mol. The minimum Gasteiger partial charge on any atom is -0.350 e. The molecule has 1 aliphatic rings. The Labute approximate surface area is 147 Å². The van der Waals surface area contributed by atoms with E-state index < -0.39 is 29.8 Å². The summed E-state index contributed by atoms with van der Waals surface area (Å²) in [6, 6.07) is 8.24. The van der Waals surface area contributed by atoms with Crippen molar-refractivity contribution in [2.75, 3.05) is 0 Å². The molecule has 5 nitrogen and oxygen atoms in total. The van der Waals surface area contributed by atoms with Gasteiger partial charge in [0.2, 0.25) is 5.91 Å². The number of benzene rings is 1. The second-order valence-corrected chi connectivity index (χ2v) is 6.42. The quantitative estimate of drug-likeness (QED) is 0.886. The number of hydrogen-bond acceptors (Lipinski definition) is 3. The summed E-state index contributed by atoms with van der Waals surface area (Å²) in [5.41, 5.74) is -0.486. The molecule has 0 spiro atoms. The highest BCUT2D eigenvalue weighted by molar-refractivity contribution is 5.75. The molecule has 138 valence electrons. The second-order valence-electron chi connectivity index (χ2n) is 6.42. The fourth-order valence-corrected chi connectivity index (χ4v) is 2.65. The second kappa shape index (κ2) is 6.93. The zero-order chi connectivity index (χ0) is 18.9. The van der Waals surface area contributed by atoms with Crippen molar-refractivity contribution in [3.8, 4) is 0 Å². The van der Waals surface area contributed by atoms with E-state index in [0.717, 1.165) is 30.0 Å². The molecule has 1 saturated carbocycles. The van der Waals surface area contributed by atoms with E-state index in [1.165, 1.54) is 0 Å². The van der Waals surface area contributed by atoms with Crippen LogP contribution < -0.4 is 10.9 Å². The van der Waals surface area contributed by atoms with Gasteiger partial charge in [0.1, 0.15) is 12.1 Å². The molecule has 0 atom stereocenters. The lowest BCUT2D eigenvalue weighted by Crippen LogP contribution is -2.37. The number of halogens is 3. The van der Waals surface area contributed by atoms with Crippen LogP contribution in [0, 0.1) is 6.92 Å². The van der Waals surface area contributed by atoms with E-state index in [1.807, 2.05) is 31.2 Å². The SMILES string of the molecule is Cc1ccccc1CNC(=O)Cn1nc(C2CC2)cc(C(F)(F)F)c1=O. The highest BCUT2D eigenvalue weighted by Crippen LogP contribution is 2.40. The minimum atomic E-state index is -4.77.